The van der Waals surface area contributed by atoms with Crippen molar-refractivity contribution in [3.63, 3.8) is 0 Å². The lowest BCUT2D eigenvalue weighted by atomic mass is 10.0. The summed E-state index contributed by atoms with van der Waals surface area (Å²) in [7, 11) is 0. The third kappa shape index (κ3) is 4.10. The van der Waals surface area contributed by atoms with Crippen LogP contribution in [-0.2, 0) is 0 Å². The van der Waals surface area contributed by atoms with Gasteiger partial charge in [-0.3, -0.25) is 4.90 Å². The van der Waals surface area contributed by atoms with E-state index in [0.29, 0.717) is 11.8 Å². The van der Waals surface area contributed by atoms with Gasteiger partial charge in [-0.25, -0.2) is 13.8 Å². The zero-order valence-electron chi connectivity index (χ0n) is 14.1. The molecule has 1 aliphatic carbocycles. The number of fused-ring (bicyclic) bond motifs is 1. The molecule has 2 heterocycles. The van der Waals surface area contributed by atoms with E-state index in [1.165, 1.54) is 18.3 Å². The number of pyridine rings is 1. The maximum atomic E-state index is 13.3. The van der Waals surface area contributed by atoms with E-state index in [4.69, 9.17) is 4.74 Å². The highest BCUT2D eigenvalue weighted by Gasteiger charge is 2.41. The fourth-order valence-corrected chi connectivity index (χ4v) is 4.76. The van der Waals surface area contributed by atoms with Crippen LogP contribution in [-0.4, -0.2) is 40.1 Å². The van der Waals surface area contributed by atoms with E-state index in [2.05, 4.69) is 9.88 Å². The summed E-state index contributed by atoms with van der Waals surface area (Å²) >= 11 is 1.66. The second-order valence-electron chi connectivity index (χ2n) is 7.00. The normalized spacial score (nSPS) is 25.4. The fourth-order valence-electron chi connectivity index (χ4n) is 3.95. The number of thioether (sulfide) groups is 1. The van der Waals surface area contributed by atoms with Crippen molar-refractivity contribution in [3.8, 4) is 11.5 Å². The molecule has 7 heteroatoms. The molecular formula is C19H20F2N2O2S. The zero-order valence-corrected chi connectivity index (χ0v) is 15.0. The van der Waals surface area contributed by atoms with E-state index < -0.39 is 11.6 Å². The van der Waals surface area contributed by atoms with Crippen LogP contribution in [0.25, 0.3) is 0 Å². The number of ether oxygens (including phenoxy) is 1. The molecule has 138 valence electrons. The van der Waals surface area contributed by atoms with E-state index in [1.54, 1.807) is 17.8 Å². The minimum absolute atomic E-state index is 0.0276. The van der Waals surface area contributed by atoms with Crippen LogP contribution in [0.5, 0.6) is 11.5 Å². The Morgan fingerprint density at radius 1 is 1.12 bits per heavy atom. The molecule has 4 rings (SSSR count). The van der Waals surface area contributed by atoms with Crippen molar-refractivity contribution in [1.29, 1.82) is 0 Å². The first-order chi connectivity index (χ1) is 12.5. The van der Waals surface area contributed by atoms with Gasteiger partial charge in [-0.05, 0) is 36.8 Å². The summed E-state index contributed by atoms with van der Waals surface area (Å²) in [5.41, 5.74) is 0. The summed E-state index contributed by atoms with van der Waals surface area (Å²) in [6.45, 7) is 2.01. The lowest BCUT2D eigenvalue weighted by Gasteiger charge is -2.19. The highest BCUT2D eigenvalue weighted by atomic mass is 32.2. The van der Waals surface area contributed by atoms with Gasteiger partial charge in [0.1, 0.15) is 23.1 Å². The molecule has 1 N–H and O–H groups in total. The van der Waals surface area contributed by atoms with E-state index in [0.717, 1.165) is 42.9 Å². The number of aromatic hydroxyl groups is 1. The van der Waals surface area contributed by atoms with Crippen molar-refractivity contribution in [1.82, 2.24) is 9.88 Å². The molecule has 1 aromatic heterocycles. The predicted molar refractivity (Wildman–Crippen MR) is 95.2 cm³/mol. The van der Waals surface area contributed by atoms with Gasteiger partial charge in [0, 0.05) is 31.3 Å². The average molecular weight is 378 g/mol. The Labute approximate surface area is 155 Å². The summed E-state index contributed by atoms with van der Waals surface area (Å²) in [6.07, 6.45) is 3.32. The lowest BCUT2D eigenvalue weighted by molar-refractivity contribution is 0.188. The topological polar surface area (TPSA) is 45.6 Å². The summed E-state index contributed by atoms with van der Waals surface area (Å²) in [4.78, 5) is 6.60. The highest BCUT2D eigenvalue weighted by molar-refractivity contribution is 7.99. The first-order valence-electron chi connectivity index (χ1n) is 8.68. The number of nitrogens with zero attached hydrogens (tertiary/aromatic N) is 2. The summed E-state index contributed by atoms with van der Waals surface area (Å²) < 4.78 is 32.4. The molecule has 0 amide bonds. The Balaban J connectivity index is 1.26. The standard InChI is InChI=1S/C19H20F2N2O2S/c20-14-5-15(21)7-18(6-14)25-17-3-12-9-23(10-13(12)4-17)11-26-19-2-1-16(24)8-22-19/h1-2,5-8,12-13,17,24H,3-4,9-11H2/t12-,13+,17-. The molecule has 2 aromatic rings. The molecule has 0 unspecified atom stereocenters. The molecule has 1 aromatic carbocycles. The Morgan fingerprint density at radius 3 is 2.42 bits per heavy atom. The van der Waals surface area contributed by atoms with Crippen molar-refractivity contribution in [2.75, 3.05) is 19.0 Å². The van der Waals surface area contributed by atoms with Crippen LogP contribution in [0.4, 0.5) is 8.78 Å². The second kappa shape index (κ2) is 7.40. The van der Waals surface area contributed by atoms with Crippen LogP contribution < -0.4 is 4.74 Å². The Kier molecular flexibility index (Phi) is 5.00. The number of likely N-dealkylation sites (tertiary alicyclic amines) is 1. The van der Waals surface area contributed by atoms with Gasteiger partial charge in [0.05, 0.1) is 23.2 Å². The van der Waals surface area contributed by atoms with Crippen molar-refractivity contribution >= 4 is 11.8 Å². The van der Waals surface area contributed by atoms with Crippen LogP contribution in [0.3, 0.4) is 0 Å². The molecule has 0 bridgehead atoms. The molecule has 1 aliphatic heterocycles. The first kappa shape index (κ1) is 17.5. The Morgan fingerprint density at radius 2 is 1.81 bits per heavy atom. The molecule has 3 atom stereocenters. The third-order valence-corrected chi connectivity index (χ3v) is 6.07. The molecular weight excluding hydrogens is 358 g/mol. The molecule has 26 heavy (non-hydrogen) atoms. The average Bonchev–Trinajstić information content (AvgIpc) is 3.11. The molecule has 0 spiro atoms. The van der Waals surface area contributed by atoms with Gasteiger partial charge in [-0.15, -0.1) is 0 Å². The van der Waals surface area contributed by atoms with Crippen LogP contribution >= 0.6 is 11.8 Å². The van der Waals surface area contributed by atoms with Gasteiger partial charge in [0.25, 0.3) is 0 Å². The smallest absolute Gasteiger partial charge is 0.133 e. The Bertz CT molecular complexity index is 740. The van der Waals surface area contributed by atoms with E-state index in [9.17, 15) is 13.9 Å². The van der Waals surface area contributed by atoms with Crippen molar-refractivity contribution in [2.45, 2.75) is 24.0 Å². The number of halogens is 2. The molecule has 1 saturated carbocycles. The minimum atomic E-state index is -0.607. The van der Waals surface area contributed by atoms with E-state index in [-0.39, 0.29) is 17.6 Å². The molecule has 4 nitrogen and oxygen atoms in total. The zero-order chi connectivity index (χ0) is 18.1. The first-order valence-corrected chi connectivity index (χ1v) is 9.66. The second-order valence-corrected chi connectivity index (χ2v) is 7.97. The lowest BCUT2D eigenvalue weighted by Crippen LogP contribution is -2.24. The van der Waals surface area contributed by atoms with Crippen LogP contribution in [0.15, 0.2) is 41.6 Å². The van der Waals surface area contributed by atoms with Crippen LogP contribution in [0, 0.1) is 23.5 Å². The van der Waals surface area contributed by atoms with Gasteiger partial charge in [-0.1, -0.05) is 11.8 Å². The van der Waals surface area contributed by atoms with Crippen molar-refractivity contribution in [3.05, 3.63) is 48.2 Å². The van der Waals surface area contributed by atoms with Crippen molar-refractivity contribution < 1.29 is 18.6 Å². The Hall–Kier alpha value is -1.86. The SMILES string of the molecule is Oc1ccc(SCN2C[C@H]3C[C@@H](Oc4cc(F)cc(F)c4)C[C@H]3C2)nc1. The number of hydrogen-bond acceptors (Lipinski definition) is 5. The largest absolute Gasteiger partial charge is 0.506 e. The monoisotopic (exact) mass is 378 g/mol. The minimum Gasteiger partial charge on any atom is -0.506 e. The van der Waals surface area contributed by atoms with Gasteiger partial charge in [0.2, 0.25) is 0 Å². The highest BCUT2D eigenvalue weighted by Crippen LogP contribution is 2.40. The summed E-state index contributed by atoms with van der Waals surface area (Å²) in [5, 5.41) is 10.2. The molecule has 2 fully saturated rings. The van der Waals surface area contributed by atoms with Crippen LogP contribution in [0.1, 0.15) is 12.8 Å². The number of rotatable bonds is 5. The van der Waals surface area contributed by atoms with Crippen molar-refractivity contribution in [2.24, 2.45) is 11.8 Å². The molecule has 2 aliphatic rings. The predicted octanol–water partition coefficient (Wildman–Crippen LogP) is 3.90. The number of hydrogen-bond donors (Lipinski definition) is 1. The van der Waals surface area contributed by atoms with Gasteiger partial charge in [0.15, 0.2) is 0 Å². The summed E-state index contributed by atoms with van der Waals surface area (Å²) in [6, 6.07) is 6.80. The van der Waals surface area contributed by atoms with E-state index in [1.807, 2.05) is 6.07 Å². The number of aromatic nitrogens is 1. The maximum Gasteiger partial charge on any atom is 0.133 e. The third-order valence-electron chi connectivity index (χ3n) is 5.04. The van der Waals surface area contributed by atoms with Gasteiger partial charge < -0.3 is 9.84 Å². The molecule has 0 radical (unpaired) electrons. The molecule has 1 saturated heterocycles. The van der Waals surface area contributed by atoms with Gasteiger partial charge >= 0.3 is 0 Å². The van der Waals surface area contributed by atoms with Crippen LogP contribution in [0.2, 0.25) is 0 Å². The van der Waals surface area contributed by atoms with E-state index >= 15 is 0 Å². The quantitative estimate of drug-likeness (QED) is 0.800. The number of benzene rings is 1. The van der Waals surface area contributed by atoms with Gasteiger partial charge in [-0.2, -0.15) is 0 Å². The maximum absolute atomic E-state index is 13.3. The fraction of sp³-hybridized carbons (Fsp3) is 0.421. The summed E-state index contributed by atoms with van der Waals surface area (Å²) in [5.74, 6) is 1.23.